The number of carbonyl (C=O) groups excluding carboxylic acids is 1. The lowest BCUT2D eigenvalue weighted by molar-refractivity contribution is 0.103. The van der Waals surface area contributed by atoms with Gasteiger partial charge in [0.2, 0.25) is 0 Å². The maximum atomic E-state index is 12.8. The minimum atomic E-state index is 0.0170. The number of ether oxygens (including phenoxy) is 2. The fourth-order valence-electron chi connectivity index (χ4n) is 2.80. The molecule has 1 saturated heterocycles. The van der Waals surface area contributed by atoms with Gasteiger partial charge in [0, 0.05) is 22.0 Å². The van der Waals surface area contributed by atoms with Crippen LogP contribution in [0.1, 0.15) is 54.2 Å². The third kappa shape index (κ3) is 4.95. The zero-order valence-corrected chi connectivity index (χ0v) is 17.6. The Hall–Kier alpha value is -1.65. The maximum absolute atomic E-state index is 12.8. The molecule has 3 rings (SSSR count). The van der Waals surface area contributed by atoms with Crippen molar-refractivity contribution in [2.24, 2.45) is 0 Å². The van der Waals surface area contributed by atoms with Crippen molar-refractivity contribution in [1.29, 1.82) is 0 Å². The third-order valence-electron chi connectivity index (χ3n) is 4.32. The van der Waals surface area contributed by atoms with Gasteiger partial charge in [-0.3, -0.25) is 4.79 Å². The van der Waals surface area contributed by atoms with Crippen molar-refractivity contribution in [3.63, 3.8) is 0 Å². The van der Waals surface area contributed by atoms with Gasteiger partial charge in [-0.25, -0.2) is 0 Å². The molecule has 2 aromatic rings. The average Bonchev–Trinajstić information content (AvgIpc) is 3.19. The lowest BCUT2D eigenvalue weighted by Crippen LogP contribution is -2.16. The zero-order valence-electron chi connectivity index (χ0n) is 16.0. The molecule has 0 bridgehead atoms. The molecule has 0 aromatic heterocycles. The van der Waals surface area contributed by atoms with Gasteiger partial charge in [-0.1, -0.05) is 45.0 Å². The van der Waals surface area contributed by atoms with Crippen molar-refractivity contribution < 1.29 is 14.3 Å². The highest BCUT2D eigenvalue weighted by atomic mass is 79.9. The van der Waals surface area contributed by atoms with Gasteiger partial charge < -0.3 is 9.47 Å². The van der Waals surface area contributed by atoms with E-state index in [0.717, 1.165) is 35.2 Å². The number of carbonyl (C=O) groups is 1. The number of aryl methyl sites for hydroxylation is 2. The van der Waals surface area contributed by atoms with Gasteiger partial charge in [-0.05, 0) is 52.5 Å². The van der Waals surface area contributed by atoms with Crippen molar-refractivity contribution in [2.45, 2.75) is 46.6 Å². The molecule has 0 radical (unpaired) electrons. The smallest absolute Gasteiger partial charge is 0.194 e. The molecular weight excluding hydrogens is 392 g/mol. The summed E-state index contributed by atoms with van der Waals surface area (Å²) in [4.78, 5) is 12.8. The molecule has 1 atom stereocenters. The highest BCUT2D eigenvalue weighted by Gasteiger charge is 2.20. The van der Waals surface area contributed by atoms with Crippen molar-refractivity contribution in [3.05, 3.63) is 63.1 Å². The van der Waals surface area contributed by atoms with Crippen LogP contribution in [0.4, 0.5) is 0 Å². The Morgan fingerprint density at radius 2 is 1.92 bits per heavy atom. The van der Waals surface area contributed by atoms with Crippen molar-refractivity contribution in [2.75, 3.05) is 13.2 Å². The number of rotatable bonds is 5. The highest BCUT2D eigenvalue weighted by Crippen LogP contribution is 2.30. The van der Waals surface area contributed by atoms with E-state index in [1.165, 1.54) is 5.56 Å². The Bertz CT molecular complexity index is 732. The van der Waals surface area contributed by atoms with Crippen LogP contribution < -0.4 is 4.74 Å². The Labute approximate surface area is 164 Å². The SMILES string of the molecule is CC.CCc1ccc(C(=O)c2cc(C)c(OC3CCOC3)cc2Br)cc1. The molecule has 1 heterocycles. The second kappa shape index (κ2) is 9.89. The van der Waals surface area contributed by atoms with Gasteiger partial charge >= 0.3 is 0 Å². The van der Waals surface area contributed by atoms with Crippen LogP contribution in [0.5, 0.6) is 5.75 Å². The predicted octanol–water partition coefficient (Wildman–Crippen LogP) is 5.74. The molecule has 0 saturated carbocycles. The summed E-state index contributed by atoms with van der Waals surface area (Å²) >= 11 is 3.52. The number of hydrogen-bond acceptors (Lipinski definition) is 3. The van der Waals surface area contributed by atoms with Crippen LogP contribution in [-0.2, 0) is 11.2 Å². The number of hydrogen-bond donors (Lipinski definition) is 0. The summed E-state index contributed by atoms with van der Waals surface area (Å²) in [5, 5.41) is 0. The summed E-state index contributed by atoms with van der Waals surface area (Å²) in [6, 6.07) is 11.6. The Morgan fingerprint density at radius 1 is 1.23 bits per heavy atom. The molecule has 0 amide bonds. The van der Waals surface area contributed by atoms with Gasteiger partial charge in [-0.15, -0.1) is 0 Å². The van der Waals surface area contributed by atoms with Crippen molar-refractivity contribution in [1.82, 2.24) is 0 Å². The van der Waals surface area contributed by atoms with Crippen LogP contribution in [-0.4, -0.2) is 25.1 Å². The van der Waals surface area contributed by atoms with Crippen LogP contribution in [0.3, 0.4) is 0 Å². The van der Waals surface area contributed by atoms with E-state index >= 15 is 0 Å². The molecule has 26 heavy (non-hydrogen) atoms. The molecular formula is C22H27BrO3. The second-order valence-electron chi connectivity index (χ2n) is 6.08. The monoisotopic (exact) mass is 418 g/mol. The van der Waals surface area contributed by atoms with Gasteiger partial charge in [0.1, 0.15) is 11.9 Å². The van der Waals surface area contributed by atoms with E-state index in [0.29, 0.717) is 17.7 Å². The first kappa shape index (κ1) is 20.7. The highest BCUT2D eigenvalue weighted by molar-refractivity contribution is 9.10. The van der Waals surface area contributed by atoms with Gasteiger partial charge in [-0.2, -0.15) is 0 Å². The van der Waals surface area contributed by atoms with Crippen LogP contribution in [0.2, 0.25) is 0 Å². The van der Waals surface area contributed by atoms with E-state index in [-0.39, 0.29) is 11.9 Å². The zero-order chi connectivity index (χ0) is 19.1. The fourth-order valence-corrected chi connectivity index (χ4v) is 3.30. The van der Waals surface area contributed by atoms with E-state index < -0.39 is 0 Å². The lowest BCUT2D eigenvalue weighted by Gasteiger charge is -2.16. The van der Waals surface area contributed by atoms with Gasteiger partial charge in [0.15, 0.2) is 5.78 Å². The molecule has 0 spiro atoms. The molecule has 1 aliphatic rings. The van der Waals surface area contributed by atoms with Crippen LogP contribution in [0.25, 0.3) is 0 Å². The first-order chi connectivity index (χ1) is 12.6. The molecule has 3 nitrogen and oxygen atoms in total. The molecule has 4 heteroatoms. The molecule has 0 aliphatic carbocycles. The molecule has 1 fully saturated rings. The summed E-state index contributed by atoms with van der Waals surface area (Å²) in [6.07, 6.45) is 1.97. The maximum Gasteiger partial charge on any atom is 0.194 e. The molecule has 1 aliphatic heterocycles. The normalized spacial score (nSPS) is 16.0. The van der Waals surface area contributed by atoms with E-state index in [1.54, 1.807) is 0 Å². The summed E-state index contributed by atoms with van der Waals surface area (Å²) in [6.45, 7) is 9.44. The largest absolute Gasteiger partial charge is 0.488 e. The summed E-state index contributed by atoms with van der Waals surface area (Å²) in [5.74, 6) is 0.818. The van der Waals surface area contributed by atoms with Crippen LogP contribution in [0, 0.1) is 6.92 Å². The average molecular weight is 419 g/mol. The summed E-state index contributed by atoms with van der Waals surface area (Å²) in [7, 11) is 0. The van der Waals surface area contributed by atoms with E-state index in [9.17, 15) is 4.79 Å². The number of ketones is 1. The Balaban J connectivity index is 0.00000117. The second-order valence-corrected chi connectivity index (χ2v) is 6.93. The van der Waals surface area contributed by atoms with Crippen LogP contribution in [0.15, 0.2) is 40.9 Å². The van der Waals surface area contributed by atoms with Gasteiger partial charge in [0.25, 0.3) is 0 Å². The minimum Gasteiger partial charge on any atom is -0.488 e. The van der Waals surface area contributed by atoms with Crippen molar-refractivity contribution in [3.8, 4) is 5.75 Å². The van der Waals surface area contributed by atoms with Crippen molar-refractivity contribution >= 4 is 21.7 Å². The van der Waals surface area contributed by atoms with Gasteiger partial charge in [0.05, 0.1) is 13.2 Å². The third-order valence-corrected chi connectivity index (χ3v) is 4.97. The number of halogens is 1. The fraction of sp³-hybridized carbons (Fsp3) is 0.409. The molecule has 140 valence electrons. The lowest BCUT2D eigenvalue weighted by atomic mass is 9.99. The van der Waals surface area contributed by atoms with E-state index in [2.05, 4.69) is 22.9 Å². The minimum absolute atomic E-state index is 0.0170. The number of benzene rings is 2. The Kier molecular flexibility index (Phi) is 7.85. The first-order valence-corrected chi connectivity index (χ1v) is 10.1. The predicted molar refractivity (Wildman–Crippen MR) is 109 cm³/mol. The summed E-state index contributed by atoms with van der Waals surface area (Å²) < 4.78 is 12.1. The quantitative estimate of drug-likeness (QED) is 0.580. The first-order valence-electron chi connectivity index (χ1n) is 9.26. The molecule has 1 unspecified atom stereocenters. The standard InChI is InChI=1S/C20H21BrO3.C2H6/c1-3-14-4-6-15(7-5-14)20(22)17-10-13(2)19(11-18(17)21)24-16-8-9-23-12-16;1-2/h4-7,10-11,16H,3,8-9,12H2,1-2H3;1-2H3. The van der Waals surface area contributed by atoms with E-state index in [4.69, 9.17) is 9.47 Å². The van der Waals surface area contributed by atoms with E-state index in [1.807, 2.05) is 57.2 Å². The summed E-state index contributed by atoms with van der Waals surface area (Å²) in [5.41, 5.74) is 3.54. The molecule has 2 aromatic carbocycles. The molecule has 0 N–H and O–H groups in total. The van der Waals surface area contributed by atoms with Crippen LogP contribution >= 0.6 is 15.9 Å². The Morgan fingerprint density at radius 3 is 2.50 bits per heavy atom. The topological polar surface area (TPSA) is 35.5 Å².